The summed E-state index contributed by atoms with van der Waals surface area (Å²) in [5.41, 5.74) is 1.41. The third-order valence-corrected chi connectivity index (χ3v) is 12.1. The van der Waals surface area contributed by atoms with Gasteiger partial charge in [0.2, 0.25) is 0 Å². The van der Waals surface area contributed by atoms with E-state index in [0.717, 1.165) is 38.7 Å². The average Bonchev–Trinajstić information content (AvgIpc) is 2.91. The first-order valence-electron chi connectivity index (χ1n) is 14.3. The van der Waals surface area contributed by atoms with E-state index in [-0.39, 0.29) is 46.5 Å². The number of Topliss-reactive ketones (excluding diaryl/α,β-unsaturated/α-hetero) is 1. The highest BCUT2D eigenvalue weighted by molar-refractivity contribution is 5.84. The highest BCUT2D eigenvalue weighted by Crippen LogP contribution is 2.69. The largest absolute Gasteiger partial charge is 0.393 e. The highest BCUT2D eigenvalue weighted by atomic mass is 16.5. The van der Waals surface area contributed by atoms with Crippen LogP contribution in [-0.2, 0) is 9.53 Å². The number of aliphatic hydroxyl groups is 1. The zero-order valence-corrected chi connectivity index (χ0v) is 23.4. The molecule has 1 aliphatic heterocycles. The second-order valence-corrected chi connectivity index (χ2v) is 14.2. The Hall–Kier alpha value is -0.750. The number of rotatable bonds is 3. The molecule has 5 rings (SSSR count). The van der Waals surface area contributed by atoms with E-state index >= 15 is 0 Å². The summed E-state index contributed by atoms with van der Waals surface area (Å²) in [6.07, 6.45) is 7.87. The van der Waals surface area contributed by atoms with Crippen molar-refractivity contribution in [2.75, 3.05) is 20.7 Å². The van der Waals surface area contributed by atoms with Crippen LogP contribution in [0.3, 0.4) is 0 Å². The molecule has 0 aromatic carbocycles. The molecule has 0 spiro atoms. The van der Waals surface area contributed by atoms with Crippen molar-refractivity contribution < 1.29 is 14.6 Å². The molecule has 0 aromatic rings. The first-order chi connectivity index (χ1) is 16.3. The molecule has 11 atom stereocenters. The lowest BCUT2D eigenvalue weighted by molar-refractivity contribution is -0.147. The van der Waals surface area contributed by atoms with Gasteiger partial charge in [0.15, 0.2) is 0 Å². The minimum absolute atomic E-state index is 0.0155. The van der Waals surface area contributed by atoms with Gasteiger partial charge in [-0.2, -0.15) is 0 Å². The Kier molecular flexibility index (Phi) is 6.39. The van der Waals surface area contributed by atoms with Gasteiger partial charge in [0.05, 0.1) is 12.7 Å². The van der Waals surface area contributed by atoms with Gasteiger partial charge in [-0.1, -0.05) is 46.3 Å². The Bertz CT molecular complexity index is 885. The van der Waals surface area contributed by atoms with Gasteiger partial charge in [0.25, 0.3) is 0 Å². The number of hydrogen-bond acceptors (Lipinski definition) is 5. The molecule has 1 heterocycles. The first-order valence-corrected chi connectivity index (χ1v) is 14.3. The predicted molar refractivity (Wildman–Crippen MR) is 140 cm³/mol. The standard InChI is InChI=1S/C30H50N2O3/c1-17(2)27-31-25-12-9-19-13-20-22(11-10-21(19)28(25,4)16-35-27)29(5)15-24(34)26(18(3)32(7)8)30(29,6)14-23(20)33/h9,17-18,20-22,24-27,31,34H,10-16H2,1-8H3/t18?,20?,21?,22?,24-,25+,26+,27?,28+,29+,30-/m1/s1. The SMILES string of the molecule is CC(C)C1N[C@H]2CC=C3CC4C(=O)C[C@]5(C)[C@@H](C(C)N(C)C)[C@H](O)C[C@@]5(C)C4CCC3[C@]2(C)CO1. The Morgan fingerprint density at radius 1 is 1.14 bits per heavy atom. The quantitative estimate of drug-likeness (QED) is 0.569. The molecular weight excluding hydrogens is 436 g/mol. The van der Waals surface area contributed by atoms with Crippen LogP contribution in [0, 0.1) is 45.8 Å². The fourth-order valence-corrected chi connectivity index (χ4v) is 9.66. The molecule has 5 heteroatoms. The van der Waals surface area contributed by atoms with Gasteiger partial charge in [-0.25, -0.2) is 0 Å². The average molecular weight is 487 g/mol. The summed E-state index contributed by atoms with van der Waals surface area (Å²) in [5.74, 6) is 1.96. The van der Waals surface area contributed by atoms with Crippen LogP contribution in [0.5, 0.6) is 0 Å². The van der Waals surface area contributed by atoms with Crippen LogP contribution in [0.25, 0.3) is 0 Å². The number of nitrogens with one attached hydrogen (secondary N) is 1. The third kappa shape index (κ3) is 3.66. The molecule has 4 fully saturated rings. The van der Waals surface area contributed by atoms with Gasteiger partial charge in [-0.05, 0) is 81.7 Å². The van der Waals surface area contributed by atoms with E-state index in [0.29, 0.717) is 36.0 Å². The maximum absolute atomic E-state index is 13.9. The monoisotopic (exact) mass is 486 g/mol. The van der Waals surface area contributed by atoms with Gasteiger partial charge in [-0.15, -0.1) is 0 Å². The molecule has 5 aliphatic rings. The topological polar surface area (TPSA) is 61.8 Å². The fourth-order valence-electron chi connectivity index (χ4n) is 9.66. The van der Waals surface area contributed by atoms with Crippen LogP contribution in [0.2, 0.25) is 0 Å². The number of ether oxygens (including phenoxy) is 1. The summed E-state index contributed by atoms with van der Waals surface area (Å²) in [7, 11) is 4.21. The number of aliphatic hydroxyl groups excluding tert-OH is 1. The Morgan fingerprint density at radius 2 is 1.86 bits per heavy atom. The Balaban J connectivity index is 1.46. The molecule has 5 unspecified atom stereocenters. The number of ketones is 1. The minimum Gasteiger partial charge on any atom is -0.393 e. The van der Waals surface area contributed by atoms with Gasteiger partial charge >= 0.3 is 0 Å². The van der Waals surface area contributed by atoms with Crippen LogP contribution >= 0.6 is 0 Å². The summed E-state index contributed by atoms with van der Waals surface area (Å²) in [6.45, 7) is 14.7. The lowest BCUT2D eigenvalue weighted by Crippen LogP contribution is -2.61. The summed E-state index contributed by atoms with van der Waals surface area (Å²) >= 11 is 0. The first kappa shape index (κ1) is 25.9. The van der Waals surface area contributed by atoms with Crippen molar-refractivity contribution in [1.82, 2.24) is 10.2 Å². The summed E-state index contributed by atoms with van der Waals surface area (Å²) in [4.78, 5) is 16.1. The van der Waals surface area contributed by atoms with Crippen molar-refractivity contribution in [2.24, 2.45) is 45.8 Å². The number of fused-ring (bicyclic) bond motifs is 6. The molecule has 35 heavy (non-hydrogen) atoms. The number of allylic oxidation sites excluding steroid dienone is 1. The lowest BCUT2D eigenvalue weighted by Gasteiger charge is -2.56. The molecule has 0 bridgehead atoms. The molecule has 1 saturated heterocycles. The maximum Gasteiger partial charge on any atom is 0.137 e. The zero-order chi connectivity index (χ0) is 25.5. The molecule has 0 aromatic heterocycles. The van der Waals surface area contributed by atoms with Crippen molar-refractivity contribution in [1.29, 1.82) is 0 Å². The van der Waals surface area contributed by atoms with E-state index in [1.54, 1.807) is 0 Å². The van der Waals surface area contributed by atoms with E-state index in [2.05, 4.69) is 71.9 Å². The normalized spacial score (nSPS) is 50.7. The molecule has 3 saturated carbocycles. The molecule has 4 aliphatic carbocycles. The zero-order valence-electron chi connectivity index (χ0n) is 23.4. The minimum atomic E-state index is -0.343. The van der Waals surface area contributed by atoms with Crippen LogP contribution < -0.4 is 5.32 Å². The molecule has 198 valence electrons. The Morgan fingerprint density at radius 3 is 2.51 bits per heavy atom. The molecule has 0 radical (unpaired) electrons. The molecular formula is C30H50N2O3. The van der Waals surface area contributed by atoms with Gasteiger partial charge in [0.1, 0.15) is 12.0 Å². The second kappa shape index (κ2) is 8.64. The van der Waals surface area contributed by atoms with Crippen LogP contribution in [0.4, 0.5) is 0 Å². The van der Waals surface area contributed by atoms with Crippen molar-refractivity contribution in [3.05, 3.63) is 11.6 Å². The van der Waals surface area contributed by atoms with Crippen molar-refractivity contribution >= 4 is 5.78 Å². The predicted octanol–water partition coefficient (Wildman–Crippen LogP) is 4.64. The second-order valence-electron chi connectivity index (χ2n) is 14.2. The Labute approximate surface area is 213 Å². The molecule has 0 amide bonds. The maximum atomic E-state index is 13.9. The highest BCUT2D eigenvalue weighted by Gasteiger charge is 2.68. The number of nitrogens with zero attached hydrogens (tertiary/aromatic N) is 1. The summed E-state index contributed by atoms with van der Waals surface area (Å²) < 4.78 is 6.38. The van der Waals surface area contributed by atoms with E-state index in [1.807, 2.05) is 0 Å². The summed E-state index contributed by atoms with van der Waals surface area (Å²) in [6, 6.07) is 0.684. The van der Waals surface area contributed by atoms with Crippen LogP contribution in [-0.4, -0.2) is 60.9 Å². The lowest BCUT2D eigenvalue weighted by atomic mass is 9.48. The van der Waals surface area contributed by atoms with E-state index in [9.17, 15) is 9.90 Å². The fraction of sp³-hybridized carbons (Fsp3) is 0.900. The van der Waals surface area contributed by atoms with Crippen molar-refractivity contribution in [3.8, 4) is 0 Å². The smallest absolute Gasteiger partial charge is 0.137 e. The van der Waals surface area contributed by atoms with E-state index in [1.165, 1.54) is 5.57 Å². The van der Waals surface area contributed by atoms with Gasteiger partial charge < -0.3 is 14.7 Å². The van der Waals surface area contributed by atoms with Gasteiger partial charge in [0, 0.05) is 35.8 Å². The van der Waals surface area contributed by atoms with Crippen LogP contribution in [0.15, 0.2) is 11.6 Å². The van der Waals surface area contributed by atoms with Gasteiger partial charge in [-0.3, -0.25) is 10.1 Å². The van der Waals surface area contributed by atoms with Crippen molar-refractivity contribution in [3.63, 3.8) is 0 Å². The summed E-state index contributed by atoms with van der Waals surface area (Å²) in [5, 5.41) is 15.2. The van der Waals surface area contributed by atoms with E-state index < -0.39 is 0 Å². The molecule has 5 nitrogen and oxygen atoms in total. The van der Waals surface area contributed by atoms with E-state index in [4.69, 9.17) is 4.74 Å². The number of carbonyl (C=O) groups excluding carboxylic acids is 1. The number of hydrogen-bond donors (Lipinski definition) is 2. The third-order valence-electron chi connectivity index (χ3n) is 12.1. The van der Waals surface area contributed by atoms with Crippen molar-refractivity contribution in [2.45, 2.75) is 104 Å². The molecule has 2 N–H and O–H groups in total. The number of carbonyl (C=O) groups is 1. The van der Waals surface area contributed by atoms with Crippen LogP contribution in [0.1, 0.15) is 80.1 Å².